The van der Waals surface area contributed by atoms with E-state index in [0.29, 0.717) is 11.5 Å². The largest absolute Gasteiger partial charge is 0.497 e. The Morgan fingerprint density at radius 1 is 0.757 bits per heavy atom. The van der Waals surface area contributed by atoms with Crippen LogP contribution in [0.3, 0.4) is 0 Å². The Hall–Kier alpha value is -6.68. The zero-order chi connectivity index (χ0) is 48.9. The van der Waals surface area contributed by atoms with Crippen LogP contribution in [-0.2, 0) is 24.1 Å². The predicted octanol–water partition coefficient (Wildman–Crippen LogP) is 11.6. The Morgan fingerprint density at radius 3 is 1.96 bits per heavy atom. The molecule has 1 aliphatic heterocycles. The van der Waals surface area contributed by atoms with Crippen molar-refractivity contribution in [3.63, 3.8) is 0 Å². The van der Waals surface area contributed by atoms with Gasteiger partial charge in [-0.1, -0.05) is 115 Å². The topological polar surface area (TPSA) is 137 Å². The maximum absolute atomic E-state index is 13.9. The van der Waals surface area contributed by atoms with Gasteiger partial charge in [-0.3, -0.25) is 14.3 Å². The summed E-state index contributed by atoms with van der Waals surface area (Å²) in [4.78, 5) is 30.1. The zero-order valence-corrected chi connectivity index (χ0v) is 41.1. The van der Waals surface area contributed by atoms with Gasteiger partial charge in [0, 0.05) is 24.7 Å². The number of nitrogens with zero attached hydrogens (tertiary/aromatic N) is 3. The lowest BCUT2D eigenvalue weighted by Crippen LogP contribution is -2.39. The molecule has 7 aromatic carbocycles. The molecular weight excluding hydrogens is 900 g/mol. The quantitative estimate of drug-likeness (QED) is 0.0361. The molecule has 0 bridgehead atoms. The van der Waals surface area contributed by atoms with Gasteiger partial charge in [0.15, 0.2) is 0 Å². The number of H-pyrrole nitrogens is 1. The number of nitriles is 1. The second-order valence-corrected chi connectivity index (χ2v) is 19.4. The number of nitrogens with one attached hydrogen (secondary N) is 1. The molecule has 1 N–H and O–H groups in total. The van der Waals surface area contributed by atoms with Crippen molar-refractivity contribution >= 4 is 53.0 Å². The third kappa shape index (κ3) is 9.62. The molecule has 8 aromatic rings. The average Bonchev–Trinajstić information content (AvgIpc) is 3.77. The van der Waals surface area contributed by atoms with Crippen LogP contribution in [0.15, 0.2) is 149 Å². The van der Waals surface area contributed by atoms with E-state index in [2.05, 4.69) is 98.0 Å². The van der Waals surface area contributed by atoms with Crippen LogP contribution in [-0.4, -0.2) is 65.9 Å². The number of methoxy groups -OCH3 is 2. The average molecular weight is 957 g/mol. The van der Waals surface area contributed by atoms with Gasteiger partial charge in [-0.05, 0) is 113 Å². The molecule has 358 valence electrons. The first-order valence-corrected chi connectivity index (χ1v) is 24.7. The maximum atomic E-state index is 13.9. The van der Waals surface area contributed by atoms with Gasteiger partial charge in [0.25, 0.3) is 14.1 Å². The number of benzene rings is 7. The van der Waals surface area contributed by atoms with Crippen molar-refractivity contribution in [3.8, 4) is 17.6 Å². The Bertz CT molecular complexity index is 3190. The molecule has 1 unspecified atom stereocenters. The van der Waals surface area contributed by atoms with Gasteiger partial charge < -0.3 is 28.0 Å². The standard InChI is InChI=1S/C57H57N4O8P/c1-37(2)61(38(3)4)70(67-33-11-32-58)69-50-34-52(60-35-43(55(62)59-56(60)63)21-17-39-16-18-42-20-19-40-12-10-13-41-22-31-49(39)54(42)53(40)41)68-51(50)36-66-57(44-14-8-7-9-15-44,45-23-27-47(64-5)28-24-45)46-25-29-48(65-6)30-26-46/h7-10,12-31,35,37-38,50-52H,11,33-34,36H2,1-6H3,(H,59,62,63)/b21-17+/t50-,51+,52+,70?/m0/s1. The molecule has 1 aromatic heterocycles. The van der Waals surface area contributed by atoms with E-state index in [-0.39, 0.29) is 43.7 Å². The minimum atomic E-state index is -1.74. The summed E-state index contributed by atoms with van der Waals surface area (Å²) in [6.45, 7) is 8.49. The number of hydrogen-bond donors (Lipinski definition) is 1. The van der Waals surface area contributed by atoms with Crippen molar-refractivity contribution < 1.29 is 28.0 Å². The van der Waals surface area contributed by atoms with Crippen LogP contribution >= 0.6 is 8.53 Å². The molecule has 2 heterocycles. The van der Waals surface area contributed by atoms with E-state index in [1.165, 1.54) is 9.95 Å². The fourth-order valence-corrected chi connectivity index (χ4v) is 11.5. The highest BCUT2D eigenvalue weighted by atomic mass is 31.2. The smallest absolute Gasteiger partial charge is 0.330 e. The summed E-state index contributed by atoms with van der Waals surface area (Å²) in [6.07, 6.45) is 3.31. The van der Waals surface area contributed by atoms with Crippen molar-refractivity contribution in [2.24, 2.45) is 0 Å². The van der Waals surface area contributed by atoms with Gasteiger partial charge >= 0.3 is 5.69 Å². The lowest BCUT2D eigenvalue weighted by molar-refractivity contribution is -0.0925. The van der Waals surface area contributed by atoms with E-state index in [4.69, 9.17) is 28.0 Å². The molecule has 0 aliphatic carbocycles. The molecule has 70 heavy (non-hydrogen) atoms. The minimum Gasteiger partial charge on any atom is -0.497 e. The van der Waals surface area contributed by atoms with E-state index in [0.717, 1.165) is 49.2 Å². The Labute approximate surface area is 408 Å². The van der Waals surface area contributed by atoms with Gasteiger partial charge in [-0.2, -0.15) is 5.26 Å². The Kier molecular flexibility index (Phi) is 14.6. The molecule has 1 fully saturated rings. The minimum absolute atomic E-state index is 0.00162. The lowest BCUT2D eigenvalue weighted by atomic mass is 9.80. The summed E-state index contributed by atoms with van der Waals surface area (Å²) in [5.41, 5.74) is 1.43. The Balaban J connectivity index is 1.11. The lowest BCUT2D eigenvalue weighted by Gasteiger charge is -2.39. The van der Waals surface area contributed by atoms with Gasteiger partial charge in [-0.15, -0.1) is 0 Å². The molecule has 9 rings (SSSR count). The normalized spacial score (nSPS) is 16.9. The maximum Gasteiger partial charge on any atom is 0.330 e. The first-order chi connectivity index (χ1) is 34.0. The molecule has 0 saturated carbocycles. The summed E-state index contributed by atoms with van der Waals surface area (Å²) in [5, 5.41) is 16.4. The van der Waals surface area contributed by atoms with E-state index in [1.54, 1.807) is 26.5 Å². The summed E-state index contributed by atoms with van der Waals surface area (Å²) in [5.74, 6) is 1.38. The van der Waals surface area contributed by atoms with Crippen molar-refractivity contribution in [1.82, 2.24) is 14.2 Å². The number of aromatic amines is 1. The third-order valence-corrected chi connectivity index (χ3v) is 15.2. The molecule has 12 nitrogen and oxygen atoms in total. The number of rotatable bonds is 19. The van der Waals surface area contributed by atoms with E-state index >= 15 is 0 Å². The molecule has 0 amide bonds. The van der Waals surface area contributed by atoms with Crippen LogP contribution in [0.5, 0.6) is 11.5 Å². The molecular formula is C57H57N4O8P. The summed E-state index contributed by atoms with van der Waals surface area (Å²) in [6, 6.07) is 46.8. The fraction of sp³-hybridized carbons (Fsp3) is 0.281. The van der Waals surface area contributed by atoms with Crippen LogP contribution in [0, 0.1) is 11.3 Å². The Morgan fingerprint density at radius 2 is 1.34 bits per heavy atom. The molecule has 1 saturated heterocycles. The number of ether oxygens (including phenoxy) is 4. The van der Waals surface area contributed by atoms with Gasteiger partial charge in [0.05, 0.1) is 51.6 Å². The molecule has 0 spiro atoms. The summed E-state index contributed by atoms with van der Waals surface area (Å²) in [7, 11) is 1.52. The highest BCUT2D eigenvalue weighted by molar-refractivity contribution is 7.44. The molecule has 0 radical (unpaired) electrons. The number of aromatic nitrogens is 2. The van der Waals surface area contributed by atoms with E-state index < -0.39 is 43.8 Å². The van der Waals surface area contributed by atoms with Crippen LogP contribution in [0.2, 0.25) is 0 Å². The second kappa shape index (κ2) is 21.1. The zero-order valence-electron chi connectivity index (χ0n) is 40.2. The molecule has 4 atom stereocenters. The van der Waals surface area contributed by atoms with Crippen LogP contribution < -0.4 is 20.7 Å². The van der Waals surface area contributed by atoms with Gasteiger partial charge in [0.2, 0.25) is 0 Å². The van der Waals surface area contributed by atoms with Crippen LogP contribution in [0.4, 0.5) is 0 Å². The van der Waals surface area contributed by atoms with Gasteiger partial charge in [-0.25, -0.2) is 9.46 Å². The van der Waals surface area contributed by atoms with Crippen molar-refractivity contribution in [2.75, 3.05) is 27.4 Å². The van der Waals surface area contributed by atoms with Crippen molar-refractivity contribution in [3.05, 3.63) is 188 Å². The molecule has 13 heteroatoms. The van der Waals surface area contributed by atoms with Gasteiger partial charge in [0.1, 0.15) is 29.4 Å². The van der Waals surface area contributed by atoms with E-state index in [9.17, 15) is 14.9 Å². The fourth-order valence-electron chi connectivity index (χ4n) is 9.74. The monoisotopic (exact) mass is 956 g/mol. The summed E-state index contributed by atoms with van der Waals surface area (Å²) < 4.78 is 42.5. The van der Waals surface area contributed by atoms with Crippen molar-refractivity contribution in [1.29, 1.82) is 5.26 Å². The van der Waals surface area contributed by atoms with Crippen LogP contribution in [0.25, 0.3) is 44.5 Å². The highest BCUT2D eigenvalue weighted by Crippen LogP contribution is 2.51. The first kappa shape index (κ1) is 48.3. The van der Waals surface area contributed by atoms with E-state index in [1.807, 2.05) is 84.9 Å². The third-order valence-electron chi connectivity index (χ3n) is 13.0. The summed E-state index contributed by atoms with van der Waals surface area (Å²) >= 11 is 0. The highest BCUT2D eigenvalue weighted by Gasteiger charge is 2.45. The predicted molar refractivity (Wildman–Crippen MR) is 277 cm³/mol. The molecule has 1 aliphatic rings. The SMILES string of the molecule is COc1ccc(C(OC[C@H]2O[C@@H](n3cc(/C=C/c4ccc5ccc6cccc7ccc4c5c67)c(=O)[nH]c3=O)C[C@@H]2OP(OCCC#N)N(C(C)C)C(C)C)(c2ccccc2)c2ccc(OC)cc2)cc1. The second-order valence-electron chi connectivity index (χ2n) is 18.0. The van der Waals surface area contributed by atoms with Crippen LogP contribution in [0.1, 0.15) is 74.6 Å². The van der Waals surface area contributed by atoms with Crippen molar-refractivity contribution in [2.45, 2.75) is 76.7 Å². The number of hydrogen-bond acceptors (Lipinski definition) is 10. The first-order valence-electron chi connectivity index (χ1n) is 23.6.